The molecule has 2 nitrogen and oxygen atoms in total. The Morgan fingerprint density at radius 1 is 0.682 bits per heavy atom. The predicted molar refractivity (Wildman–Crippen MR) is 92.4 cm³/mol. The lowest BCUT2D eigenvalue weighted by molar-refractivity contribution is 0.123. The van der Waals surface area contributed by atoms with Crippen LogP contribution in [0.25, 0.3) is 21.9 Å². The van der Waals surface area contributed by atoms with Crippen molar-refractivity contribution in [3.63, 3.8) is 0 Å². The Bertz CT molecular complexity index is 785. The van der Waals surface area contributed by atoms with E-state index in [0.29, 0.717) is 0 Å². The van der Waals surface area contributed by atoms with Gasteiger partial charge in [-0.1, -0.05) is 60.7 Å². The third-order valence-electron chi connectivity index (χ3n) is 4.34. The number of fused-ring (bicyclic) bond motifs is 1. The number of rotatable bonds is 2. The molecule has 0 atom stereocenters. The molecule has 2 heteroatoms. The van der Waals surface area contributed by atoms with E-state index in [4.69, 9.17) is 4.74 Å². The molecule has 1 heterocycles. The van der Waals surface area contributed by atoms with Crippen LogP contribution in [0.5, 0.6) is 0 Å². The van der Waals surface area contributed by atoms with Crippen molar-refractivity contribution in [2.75, 3.05) is 31.2 Å². The summed E-state index contributed by atoms with van der Waals surface area (Å²) >= 11 is 0. The number of ether oxygens (including phenoxy) is 1. The molecule has 1 fully saturated rings. The lowest BCUT2D eigenvalue weighted by Gasteiger charge is -2.30. The van der Waals surface area contributed by atoms with Crippen LogP contribution in [0.3, 0.4) is 0 Å². The van der Waals surface area contributed by atoms with Crippen molar-refractivity contribution >= 4 is 16.5 Å². The van der Waals surface area contributed by atoms with Crippen molar-refractivity contribution in [3.8, 4) is 11.1 Å². The summed E-state index contributed by atoms with van der Waals surface area (Å²) in [6.07, 6.45) is 0. The summed E-state index contributed by atoms with van der Waals surface area (Å²) in [4.78, 5) is 2.43. The van der Waals surface area contributed by atoms with Gasteiger partial charge in [0.25, 0.3) is 0 Å². The van der Waals surface area contributed by atoms with Gasteiger partial charge in [0.2, 0.25) is 0 Å². The van der Waals surface area contributed by atoms with Crippen molar-refractivity contribution in [2.24, 2.45) is 0 Å². The van der Waals surface area contributed by atoms with E-state index < -0.39 is 0 Å². The Hall–Kier alpha value is -2.32. The average molecular weight is 289 g/mol. The van der Waals surface area contributed by atoms with Crippen LogP contribution in [0.2, 0.25) is 0 Å². The van der Waals surface area contributed by atoms with Crippen LogP contribution in [0.15, 0.2) is 66.7 Å². The zero-order chi connectivity index (χ0) is 14.8. The molecule has 0 radical (unpaired) electrons. The van der Waals surface area contributed by atoms with E-state index in [2.05, 4.69) is 71.6 Å². The second-order valence-corrected chi connectivity index (χ2v) is 5.64. The molecular formula is C20H19NO. The maximum absolute atomic E-state index is 5.50. The second-order valence-electron chi connectivity index (χ2n) is 5.64. The maximum Gasteiger partial charge on any atom is 0.0642 e. The molecule has 3 aromatic rings. The summed E-state index contributed by atoms with van der Waals surface area (Å²) < 4.78 is 5.50. The molecule has 3 aromatic carbocycles. The molecule has 22 heavy (non-hydrogen) atoms. The Labute approximate surface area is 130 Å². The van der Waals surface area contributed by atoms with E-state index in [-0.39, 0.29) is 0 Å². The Balaban J connectivity index is 1.88. The van der Waals surface area contributed by atoms with Crippen LogP contribution in [0.4, 0.5) is 5.69 Å². The molecule has 1 aliphatic heterocycles. The number of para-hydroxylation sites is 1. The predicted octanol–water partition coefficient (Wildman–Crippen LogP) is 4.34. The molecule has 0 aliphatic carbocycles. The van der Waals surface area contributed by atoms with E-state index in [0.717, 1.165) is 26.3 Å². The first-order chi connectivity index (χ1) is 10.9. The van der Waals surface area contributed by atoms with Gasteiger partial charge in [-0.25, -0.2) is 0 Å². The molecule has 4 rings (SSSR count). The van der Waals surface area contributed by atoms with E-state index >= 15 is 0 Å². The molecule has 1 aliphatic rings. The van der Waals surface area contributed by atoms with E-state index in [9.17, 15) is 0 Å². The van der Waals surface area contributed by atoms with Crippen molar-refractivity contribution in [1.82, 2.24) is 0 Å². The number of benzene rings is 3. The quantitative estimate of drug-likeness (QED) is 0.695. The normalized spacial score (nSPS) is 15.2. The summed E-state index contributed by atoms with van der Waals surface area (Å²) in [5.41, 5.74) is 3.92. The zero-order valence-electron chi connectivity index (χ0n) is 12.5. The number of hydrogen-bond donors (Lipinski definition) is 0. The van der Waals surface area contributed by atoms with E-state index in [1.54, 1.807) is 0 Å². The van der Waals surface area contributed by atoms with Gasteiger partial charge < -0.3 is 9.64 Å². The zero-order valence-corrected chi connectivity index (χ0v) is 12.5. The standard InChI is InChI=1S/C20H19NO/c1-2-8-17-16(6-1)7-5-10-18(17)19-9-3-4-11-20(19)21-12-14-22-15-13-21/h1-11H,12-15H2. The fourth-order valence-electron chi connectivity index (χ4n) is 3.24. The number of hydrogen-bond acceptors (Lipinski definition) is 2. The molecule has 0 unspecified atom stereocenters. The van der Waals surface area contributed by atoms with Gasteiger partial charge in [0, 0.05) is 24.3 Å². The van der Waals surface area contributed by atoms with Gasteiger partial charge in [-0.2, -0.15) is 0 Å². The highest BCUT2D eigenvalue weighted by Crippen LogP contribution is 2.35. The molecule has 0 amide bonds. The summed E-state index contributed by atoms with van der Waals surface area (Å²) in [6.45, 7) is 3.54. The van der Waals surface area contributed by atoms with E-state index in [1.165, 1.54) is 27.6 Å². The van der Waals surface area contributed by atoms with E-state index in [1.807, 2.05) is 0 Å². The fourth-order valence-corrected chi connectivity index (χ4v) is 3.24. The van der Waals surface area contributed by atoms with Gasteiger partial charge in [0.05, 0.1) is 13.2 Å². The lowest BCUT2D eigenvalue weighted by atomic mass is 9.96. The molecule has 0 N–H and O–H groups in total. The highest BCUT2D eigenvalue weighted by atomic mass is 16.5. The van der Waals surface area contributed by atoms with Crippen molar-refractivity contribution in [2.45, 2.75) is 0 Å². The molecule has 110 valence electrons. The van der Waals surface area contributed by atoms with Crippen LogP contribution in [-0.4, -0.2) is 26.3 Å². The minimum absolute atomic E-state index is 0.809. The van der Waals surface area contributed by atoms with Gasteiger partial charge in [0.1, 0.15) is 0 Å². The Morgan fingerprint density at radius 3 is 2.27 bits per heavy atom. The summed E-state index contributed by atoms with van der Waals surface area (Å²) in [5, 5.41) is 2.60. The smallest absolute Gasteiger partial charge is 0.0642 e. The Morgan fingerprint density at radius 2 is 1.36 bits per heavy atom. The molecule has 0 spiro atoms. The van der Waals surface area contributed by atoms with Crippen LogP contribution in [0.1, 0.15) is 0 Å². The van der Waals surface area contributed by atoms with Gasteiger partial charge in [0.15, 0.2) is 0 Å². The van der Waals surface area contributed by atoms with Crippen molar-refractivity contribution < 1.29 is 4.74 Å². The number of morpholine rings is 1. The minimum atomic E-state index is 0.809. The maximum atomic E-state index is 5.50. The van der Waals surface area contributed by atoms with Crippen molar-refractivity contribution in [1.29, 1.82) is 0 Å². The number of anilines is 1. The molecule has 1 saturated heterocycles. The van der Waals surface area contributed by atoms with Gasteiger partial charge in [-0.05, 0) is 22.4 Å². The third-order valence-corrected chi connectivity index (χ3v) is 4.34. The molecule has 0 aromatic heterocycles. The lowest BCUT2D eigenvalue weighted by Crippen LogP contribution is -2.36. The highest BCUT2D eigenvalue weighted by molar-refractivity contribution is 5.99. The second kappa shape index (κ2) is 5.82. The first-order valence-electron chi connectivity index (χ1n) is 7.83. The topological polar surface area (TPSA) is 12.5 Å². The largest absolute Gasteiger partial charge is 0.378 e. The summed E-state index contributed by atoms with van der Waals surface area (Å²) in [7, 11) is 0. The first kappa shape index (κ1) is 13.4. The minimum Gasteiger partial charge on any atom is -0.378 e. The monoisotopic (exact) mass is 289 g/mol. The van der Waals surface area contributed by atoms with Gasteiger partial charge >= 0.3 is 0 Å². The Kier molecular flexibility index (Phi) is 3.53. The molecule has 0 bridgehead atoms. The van der Waals surface area contributed by atoms with Crippen molar-refractivity contribution in [3.05, 3.63) is 66.7 Å². The van der Waals surface area contributed by atoms with Crippen LogP contribution in [-0.2, 0) is 4.74 Å². The molecule has 0 saturated carbocycles. The molecular weight excluding hydrogens is 270 g/mol. The average Bonchev–Trinajstić information content (AvgIpc) is 2.62. The highest BCUT2D eigenvalue weighted by Gasteiger charge is 2.16. The van der Waals surface area contributed by atoms with Crippen LogP contribution >= 0.6 is 0 Å². The summed E-state index contributed by atoms with van der Waals surface area (Å²) in [6, 6.07) is 23.8. The number of nitrogens with zero attached hydrogens (tertiary/aromatic N) is 1. The van der Waals surface area contributed by atoms with Crippen LogP contribution in [0, 0.1) is 0 Å². The summed E-state index contributed by atoms with van der Waals surface area (Å²) in [5.74, 6) is 0. The van der Waals surface area contributed by atoms with Crippen LogP contribution < -0.4 is 4.90 Å². The third kappa shape index (κ3) is 2.36. The first-order valence-corrected chi connectivity index (χ1v) is 7.83. The van der Waals surface area contributed by atoms with Gasteiger partial charge in [-0.3, -0.25) is 0 Å². The van der Waals surface area contributed by atoms with Gasteiger partial charge in [-0.15, -0.1) is 0 Å². The fraction of sp³-hybridized carbons (Fsp3) is 0.200. The SMILES string of the molecule is c1ccc(N2CCOCC2)c(-c2cccc3ccccc23)c1.